The number of anilines is 1. The Bertz CT molecular complexity index is 700. The van der Waals surface area contributed by atoms with Crippen molar-refractivity contribution in [1.82, 2.24) is 9.80 Å². The number of rotatable bonds is 6. The average molecular weight is 380 g/mol. The molecule has 1 aliphatic rings. The van der Waals surface area contributed by atoms with Gasteiger partial charge in [-0.25, -0.2) is 0 Å². The van der Waals surface area contributed by atoms with Gasteiger partial charge in [-0.3, -0.25) is 14.6 Å². The van der Waals surface area contributed by atoms with Crippen molar-refractivity contribution in [2.75, 3.05) is 45.2 Å². The summed E-state index contributed by atoms with van der Waals surface area (Å²) in [5, 5.41) is 7.77. The normalized spacial score (nSPS) is 15.9. The van der Waals surface area contributed by atoms with Crippen LogP contribution in [-0.4, -0.2) is 55.5 Å². The number of carbonyl (C=O) groups excluding carboxylic acids is 1. The molecule has 1 saturated heterocycles. The van der Waals surface area contributed by atoms with Gasteiger partial charge in [-0.1, -0.05) is 11.6 Å². The third kappa shape index (κ3) is 5.19. The number of ether oxygens (including phenoxy) is 1. The topological polar surface area (TPSA) is 44.8 Å². The zero-order chi connectivity index (χ0) is 17.6. The summed E-state index contributed by atoms with van der Waals surface area (Å²) >= 11 is 7.73. The molecular formula is C18H22ClN3O2S. The summed E-state index contributed by atoms with van der Waals surface area (Å²) in [6.45, 7) is 5.10. The minimum atomic E-state index is -0.0492. The molecule has 7 heteroatoms. The van der Waals surface area contributed by atoms with E-state index in [4.69, 9.17) is 16.3 Å². The van der Waals surface area contributed by atoms with Crippen molar-refractivity contribution in [3.63, 3.8) is 0 Å². The van der Waals surface area contributed by atoms with E-state index in [1.165, 1.54) is 5.56 Å². The zero-order valence-corrected chi connectivity index (χ0v) is 15.8. The minimum absolute atomic E-state index is 0.0492. The van der Waals surface area contributed by atoms with Crippen LogP contribution in [0.15, 0.2) is 35.0 Å². The fourth-order valence-corrected chi connectivity index (χ4v) is 3.75. The maximum Gasteiger partial charge on any atom is 0.238 e. The van der Waals surface area contributed by atoms with Crippen LogP contribution in [0.1, 0.15) is 5.56 Å². The Morgan fingerprint density at radius 1 is 1.24 bits per heavy atom. The molecule has 1 aliphatic heterocycles. The van der Waals surface area contributed by atoms with Crippen molar-refractivity contribution < 1.29 is 9.53 Å². The first-order chi connectivity index (χ1) is 12.1. The molecule has 1 aromatic carbocycles. The Morgan fingerprint density at radius 2 is 2.00 bits per heavy atom. The standard InChI is InChI=1S/C18H22ClN3O2S/c1-24-17-3-2-15(19)10-16(17)20-18(23)12-22-7-5-21(6-8-22)11-14-4-9-25-13-14/h2-4,9-10,13H,5-8,11-12H2,1H3,(H,20,23). The Kier molecular flexibility index (Phi) is 6.31. The molecule has 0 aliphatic carbocycles. The number of methoxy groups -OCH3 is 1. The molecule has 1 aromatic heterocycles. The van der Waals surface area contributed by atoms with Gasteiger partial charge in [0.05, 0.1) is 19.3 Å². The fourth-order valence-electron chi connectivity index (χ4n) is 2.92. The third-order valence-electron chi connectivity index (χ3n) is 4.25. The maximum absolute atomic E-state index is 12.3. The zero-order valence-electron chi connectivity index (χ0n) is 14.2. The predicted molar refractivity (Wildman–Crippen MR) is 103 cm³/mol. The summed E-state index contributed by atoms with van der Waals surface area (Å²) < 4.78 is 5.26. The van der Waals surface area contributed by atoms with Crippen LogP contribution in [0.3, 0.4) is 0 Å². The molecule has 2 aromatic rings. The van der Waals surface area contributed by atoms with Gasteiger partial charge in [-0.05, 0) is 40.6 Å². The molecule has 0 radical (unpaired) electrons. The van der Waals surface area contributed by atoms with Gasteiger partial charge in [0.25, 0.3) is 0 Å². The van der Waals surface area contributed by atoms with E-state index < -0.39 is 0 Å². The highest BCUT2D eigenvalue weighted by Crippen LogP contribution is 2.27. The first-order valence-electron chi connectivity index (χ1n) is 8.23. The molecule has 2 heterocycles. The Morgan fingerprint density at radius 3 is 2.68 bits per heavy atom. The number of hydrogen-bond acceptors (Lipinski definition) is 5. The van der Waals surface area contributed by atoms with Crippen LogP contribution in [0, 0.1) is 0 Å². The van der Waals surface area contributed by atoms with Gasteiger partial charge in [-0.15, -0.1) is 0 Å². The summed E-state index contributed by atoms with van der Waals surface area (Å²) in [6.07, 6.45) is 0. The number of halogens is 1. The summed E-state index contributed by atoms with van der Waals surface area (Å²) in [5.41, 5.74) is 1.97. The van der Waals surface area contributed by atoms with Crippen molar-refractivity contribution in [1.29, 1.82) is 0 Å². The number of benzene rings is 1. The van der Waals surface area contributed by atoms with E-state index in [2.05, 4.69) is 31.9 Å². The lowest BCUT2D eigenvalue weighted by Gasteiger charge is -2.34. The molecule has 25 heavy (non-hydrogen) atoms. The van der Waals surface area contributed by atoms with Gasteiger partial charge < -0.3 is 10.1 Å². The molecule has 0 saturated carbocycles. The Hall–Kier alpha value is -1.60. The molecule has 1 amide bonds. The molecule has 5 nitrogen and oxygen atoms in total. The summed E-state index contributed by atoms with van der Waals surface area (Å²) in [4.78, 5) is 16.9. The lowest BCUT2D eigenvalue weighted by molar-refractivity contribution is -0.117. The van der Waals surface area contributed by atoms with Crippen LogP contribution in [0.25, 0.3) is 0 Å². The molecule has 0 spiro atoms. The Balaban J connectivity index is 1.47. The quantitative estimate of drug-likeness (QED) is 0.837. The van der Waals surface area contributed by atoms with Crippen LogP contribution < -0.4 is 10.1 Å². The highest BCUT2D eigenvalue weighted by molar-refractivity contribution is 7.07. The minimum Gasteiger partial charge on any atom is -0.495 e. The van der Waals surface area contributed by atoms with Crippen molar-refractivity contribution in [3.8, 4) is 5.75 Å². The van der Waals surface area contributed by atoms with E-state index in [1.807, 2.05) is 0 Å². The molecule has 0 unspecified atom stereocenters. The fraction of sp³-hybridized carbons (Fsp3) is 0.389. The SMILES string of the molecule is COc1ccc(Cl)cc1NC(=O)CN1CCN(Cc2ccsc2)CC1. The number of hydrogen-bond donors (Lipinski definition) is 1. The van der Waals surface area contributed by atoms with Crippen LogP contribution in [-0.2, 0) is 11.3 Å². The second kappa shape index (κ2) is 8.67. The van der Waals surface area contributed by atoms with E-state index in [9.17, 15) is 4.79 Å². The molecule has 0 atom stereocenters. The summed E-state index contributed by atoms with van der Waals surface area (Å²) in [5.74, 6) is 0.560. The molecule has 0 bridgehead atoms. The first-order valence-corrected chi connectivity index (χ1v) is 9.55. The second-order valence-corrected chi connectivity index (χ2v) is 7.29. The predicted octanol–water partition coefficient (Wildman–Crippen LogP) is 3.17. The van der Waals surface area contributed by atoms with Gasteiger partial charge in [0.1, 0.15) is 5.75 Å². The molecule has 3 rings (SSSR count). The second-order valence-electron chi connectivity index (χ2n) is 6.08. The highest BCUT2D eigenvalue weighted by Gasteiger charge is 2.19. The number of thiophene rings is 1. The lowest BCUT2D eigenvalue weighted by atomic mass is 10.2. The van der Waals surface area contributed by atoms with E-state index >= 15 is 0 Å². The number of nitrogens with zero attached hydrogens (tertiary/aromatic N) is 2. The van der Waals surface area contributed by atoms with E-state index in [0.29, 0.717) is 23.0 Å². The van der Waals surface area contributed by atoms with E-state index in [0.717, 1.165) is 32.7 Å². The molecule has 1 fully saturated rings. The Labute approximate surface area is 157 Å². The van der Waals surface area contributed by atoms with Gasteiger partial charge >= 0.3 is 0 Å². The van der Waals surface area contributed by atoms with Gasteiger partial charge in [0.15, 0.2) is 0 Å². The largest absolute Gasteiger partial charge is 0.495 e. The highest BCUT2D eigenvalue weighted by atomic mass is 35.5. The van der Waals surface area contributed by atoms with Gasteiger partial charge in [-0.2, -0.15) is 11.3 Å². The van der Waals surface area contributed by atoms with Crippen LogP contribution >= 0.6 is 22.9 Å². The number of carbonyl (C=O) groups is 1. The van der Waals surface area contributed by atoms with Crippen molar-refractivity contribution in [2.24, 2.45) is 0 Å². The van der Waals surface area contributed by atoms with Crippen LogP contribution in [0.2, 0.25) is 5.02 Å². The average Bonchev–Trinajstić information content (AvgIpc) is 3.10. The molecule has 1 N–H and O–H groups in total. The van der Waals surface area contributed by atoms with Crippen molar-refractivity contribution in [3.05, 3.63) is 45.6 Å². The summed E-state index contributed by atoms with van der Waals surface area (Å²) in [6, 6.07) is 7.36. The van der Waals surface area contributed by atoms with Gasteiger partial charge in [0, 0.05) is 37.7 Å². The summed E-state index contributed by atoms with van der Waals surface area (Å²) in [7, 11) is 1.57. The third-order valence-corrected chi connectivity index (χ3v) is 5.22. The van der Waals surface area contributed by atoms with Crippen molar-refractivity contribution >= 4 is 34.5 Å². The first kappa shape index (κ1) is 18.2. The monoisotopic (exact) mass is 379 g/mol. The van der Waals surface area contributed by atoms with E-state index in [-0.39, 0.29) is 5.91 Å². The van der Waals surface area contributed by atoms with Crippen LogP contribution in [0.5, 0.6) is 5.75 Å². The smallest absolute Gasteiger partial charge is 0.238 e. The lowest BCUT2D eigenvalue weighted by Crippen LogP contribution is -2.48. The number of amides is 1. The molecule has 134 valence electrons. The molecular weight excluding hydrogens is 358 g/mol. The van der Waals surface area contributed by atoms with Gasteiger partial charge in [0.2, 0.25) is 5.91 Å². The maximum atomic E-state index is 12.3. The van der Waals surface area contributed by atoms with Crippen LogP contribution in [0.4, 0.5) is 5.69 Å². The van der Waals surface area contributed by atoms with E-state index in [1.54, 1.807) is 36.6 Å². The number of nitrogens with one attached hydrogen (secondary N) is 1. The number of piperazine rings is 1. The van der Waals surface area contributed by atoms with Crippen molar-refractivity contribution in [2.45, 2.75) is 6.54 Å².